The molecule has 202 valence electrons. The maximum absolute atomic E-state index is 13.4. The molecular weight excluding hydrogens is 544 g/mol. The molecule has 0 heterocycles. The van der Waals surface area contributed by atoms with Crippen molar-refractivity contribution < 1.29 is 19.1 Å². The van der Waals surface area contributed by atoms with Crippen molar-refractivity contribution >= 4 is 52.7 Å². The average molecular weight is 571 g/mol. The van der Waals surface area contributed by atoms with Gasteiger partial charge in [-0.15, -0.1) is 11.8 Å². The summed E-state index contributed by atoms with van der Waals surface area (Å²) in [7, 11) is 0. The largest absolute Gasteiger partial charge is 0.494 e. The van der Waals surface area contributed by atoms with Gasteiger partial charge >= 0.3 is 0 Å². The Balaban J connectivity index is 1.49. The average Bonchev–Trinajstić information content (AvgIpc) is 2.97. The van der Waals surface area contributed by atoms with E-state index in [0.717, 1.165) is 4.90 Å². The van der Waals surface area contributed by atoms with Gasteiger partial charge in [0.05, 0.1) is 12.4 Å². The Labute approximate surface area is 242 Å². The summed E-state index contributed by atoms with van der Waals surface area (Å²) in [5.41, 5.74) is 2.33. The summed E-state index contributed by atoms with van der Waals surface area (Å²) in [5, 5.41) is 6.17. The molecule has 2 N–H and O–H groups in total. The molecule has 0 aromatic heterocycles. The van der Waals surface area contributed by atoms with Gasteiger partial charge in [0.1, 0.15) is 11.4 Å². The molecule has 4 rings (SSSR count). The third-order valence-electron chi connectivity index (χ3n) is 5.66. The van der Waals surface area contributed by atoms with E-state index in [-0.39, 0.29) is 17.2 Å². The first-order valence-corrected chi connectivity index (χ1v) is 13.9. The minimum atomic E-state index is -0.488. The molecule has 8 heteroatoms. The van der Waals surface area contributed by atoms with Crippen LogP contribution in [0.15, 0.2) is 114 Å². The molecule has 0 aliphatic carbocycles. The summed E-state index contributed by atoms with van der Waals surface area (Å²) in [6.07, 6.45) is 1.61. The fourth-order valence-electron chi connectivity index (χ4n) is 3.67. The van der Waals surface area contributed by atoms with Crippen LogP contribution in [-0.4, -0.2) is 30.0 Å². The summed E-state index contributed by atoms with van der Waals surface area (Å²) >= 11 is 7.27. The number of hydrogen-bond acceptors (Lipinski definition) is 5. The highest BCUT2D eigenvalue weighted by atomic mass is 35.5. The molecule has 6 nitrogen and oxygen atoms in total. The van der Waals surface area contributed by atoms with Crippen LogP contribution in [0.3, 0.4) is 0 Å². The number of benzene rings is 4. The van der Waals surface area contributed by atoms with E-state index in [1.807, 2.05) is 31.2 Å². The number of ketones is 1. The van der Waals surface area contributed by atoms with Gasteiger partial charge in [0.2, 0.25) is 0 Å². The van der Waals surface area contributed by atoms with Gasteiger partial charge in [0.25, 0.3) is 11.8 Å². The number of amides is 2. The summed E-state index contributed by atoms with van der Waals surface area (Å²) in [5.74, 6) is 0.0216. The van der Waals surface area contributed by atoms with Gasteiger partial charge in [-0.1, -0.05) is 48.0 Å². The molecule has 0 fully saturated rings. The molecule has 0 unspecified atom stereocenters. The summed E-state index contributed by atoms with van der Waals surface area (Å²) in [6.45, 7) is 2.45. The van der Waals surface area contributed by atoms with Crippen molar-refractivity contribution in [2.24, 2.45) is 0 Å². The van der Waals surface area contributed by atoms with Crippen molar-refractivity contribution in [3.63, 3.8) is 0 Å². The zero-order valence-corrected chi connectivity index (χ0v) is 23.3. The molecule has 0 saturated carbocycles. The van der Waals surface area contributed by atoms with E-state index in [0.29, 0.717) is 39.8 Å². The standard InChI is InChI=1S/C32H27ClN2O4S/c1-2-39-27-17-11-22(12-18-27)19-29(35-31(37)24-7-4-3-5-8-24)32(38)34-26-9-6-10-28(20-26)40-21-30(36)23-13-15-25(33)16-14-23/h3-20H,2,21H2,1H3,(H,34,38)(H,35,37)/b29-19-. The molecule has 0 aliphatic heterocycles. The third kappa shape index (κ3) is 8.33. The van der Waals surface area contributed by atoms with Crippen LogP contribution in [0.2, 0.25) is 5.02 Å². The predicted octanol–water partition coefficient (Wildman–Crippen LogP) is 7.12. The second-order valence-corrected chi connectivity index (χ2v) is 10.1. The van der Waals surface area contributed by atoms with Crippen molar-refractivity contribution in [2.45, 2.75) is 11.8 Å². The molecule has 40 heavy (non-hydrogen) atoms. The predicted molar refractivity (Wildman–Crippen MR) is 161 cm³/mol. The molecule has 0 bridgehead atoms. The highest BCUT2D eigenvalue weighted by Crippen LogP contribution is 2.24. The number of carbonyl (C=O) groups is 3. The second kappa shape index (κ2) is 14.2. The van der Waals surface area contributed by atoms with Gasteiger partial charge in [-0.05, 0) is 85.3 Å². The van der Waals surface area contributed by atoms with Crippen LogP contribution >= 0.6 is 23.4 Å². The van der Waals surface area contributed by atoms with Crippen LogP contribution in [-0.2, 0) is 4.79 Å². The summed E-state index contributed by atoms with van der Waals surface area (Å²) in [6, 6.07) is 29.8. The Morgan fingerprint density at radius 3 is 2.27 bits per heavy atom. The Morgan fingerprint density at radius 1 is 0.850 bits per heavy atom. The lowest BCUT2D eigenvalue weighted by atomic mass is 10.1. The van der Waals surface area contributed by atoms with E-state index >= 15 is 0 Å². The minimum Gasteiger partial charge on any atom is -0.494 e. The van der Waals surface area contributed by atoms with Gasteiger partial charge in [0.15, 0.2) is 5.78 Å². The van der Waals surface area contributed by atoms with E-state index in [1.54, 1.807) is 84.9 Å². The minimum absolute atomic E-state index is 0.0275. The fourth-order valence-corrected chi connectivity index (χ4v) is 4.64. The number of carbonyl (C=O) groups excluding carboxylic acids is 3. The fraction of sp³-hybridized carbons (Fsp3) is 0.0938. The van der Waals surface area contributed by atoms with Crippen molar-refractivity contribution in [3.8, 4) is 5.75 Å². The van der Waals surface area contributed by atoms with Gasteiger partial charge in [0, 0.05) is 26.7 Å². The van der Waals surface area contributed by atoms with Crippen molar-refractivity contribution in [3.05, 3.63) is 131 Å². The first kappa shape index (κ1) is 28.7. The highest BCUT2D eigenvalue weighted by Gasteiger charge is 2.16. The van der Waals surface area contributed by atoms with Gasteiger partial charge in [-0.25, -0.2) is 0 Å². The van der Waals surface area contributed by atoms with Crippen molar-refractivity contribution in [1.29, 1.82) is 0 Å². The number of halogens is 1. The van der Waals surface area contributed by atoms with E-state index in [9.17, 15) is 14.4 Å². The van der Waals surface area contributed by atoms with Crippen LogP contribution in [0, 0.1) is 0 Å². The number of ether oxygens (including phenoxy) is 1. The number of rotatable bonds is 11. The van der Waals surface area contributed by atoms with Crippen molar-refractivity contribution in [1.82, 2.24) is 5.32 Å². The lowest BCUT2D eigenvalue weighted by Crippen LogP contribution is -2.30. The topological polar surface area (TPSA) is 84.5 Å². The maximum atomic E-state index is 13.4. The molecule has 4 aromatic carbocycles. The van der Waals surface area contributed by atoms with Crippen LogP contribution < -0.4 is 15.4 Å². The molecule has 0 aliphatic rings. The maximum Gasteiger partial charge on any atom is 0.272 e. The molecule has 0 spiro atoms. The number of nitrogens with one attached hydrogen (secondary N) is 2. The molecule has 0 atom stereocenters. The zero-order valence-electron chi connectivity index (χ0n) is 21.7. The Morgan fingerprint density at radius 2 is 1.57 bits per heavy atom. The Bertz CT molecular complexity index is 1500. The first-order valence-electron chi connectivity index (χ1n) is 12.5. The normalized spacial score (nSPS) is 11.0. The number of Topliss-reactive ketones (excluding diaryl/α,β-unsaturated/α-hetero) is 1. The molecule has 4 aromatic rings. The van der Waals surface area contributed by atoms with Crippen LogP contribution in [0.25, 0.3) is 6.08 Å². The number of thioether (sulfide) groups is 1. The zero-order chi connectivity index (χ0) is 28.3. The van der Waals surface area contributed by atoms with E-state index < -0.39 is 11.8 Å². The Hall–Kier alpha value is -4.33. The number of anilines is 1. The van der Waals surface area contributed by atoms with Gasteiger partial charge < -0.3 is 15.4 Å². The molecule has 0 saturated heterocycles. The van der Waals surface area contributed by atoms with Crippen LogP contribution in [0.1, 0.15) is 33.2 Å². The monoisotopic (exact) mass is 570 g/mol. The van der Waals surface area contributed by atoms with E-state index in [4.69, 9.17) is 16.3 Å². The SMILES string of the molecule is CCOc1ccc(/C=C(\NC(=O)c2ccccc2)C(=O)Nc2cccc(SCC(=O)c3ccc(Cl)cc3)c2)cc1. The molecular formula is C32H27ClN2O4S. The van der Waals surface area contributed by atoms with E-state index in [1.165, 1.54) is 11.8 Å². The van der Waals surface area contributed by atoms with E-state index in [2.05, 4.69) is 10.6 Å². The van der Waals surface area contributed by atoms with Crippen LogP contribution in [0.4, 0.5) is 5.69 Å². The quantitative estimate of drug-likeness (QED) is 0.114. The van der Waals surface area contributed by atoms with Crippen molar-refractivity contribution in [2.75, 3.05) is 17.7 Å². The Kier molecular flexibility index (Phi) is 10.2. The lowest BCUT2D eigenvalue weighted by molar-refractivity contribution is -0.113. The third-order valence-corrected chi connectivity index (χ3v) is 6.90. The van der Waals surface area contributed by atoms with Gasteiger partial charge in [-0.3, -0.25) is 14.4 Å². The smallest absolute Gasteiger partial charge is 0.272 e. The summed E-state index contributed by atoms with van der Waals surface area (Å²) < 4.78 is 5.49. The molecule has 2 amide bonds. The summed E-state index contributed by atoms with van der Waals surface area (Å²) in [4.78, 5) is 39.6. The lowest BCUT2D eigenvalue weighted by Gasteiger charge is -2.12. The molecule has 0 radical (unpaired) electrons. The van der Waals surface area contributed by atoms with Crippen LogP contribution in [0.5, 0.6) is 5.75 Å². The number of hydrogen-bond donors (Lipinski definition) is 2. The second-order valence-electron chi connectivity index (χ2n) is 8.58. The first-order chi connectivity index (χ1) is 19.4. The van der Waals surface area contributed by atoms with Gasteiger partial charge in [-0.2, -0.15) is 0 Å². The highest BCUT2D eigenvalue weighted by molar-refractivity contribution is 8.00.